The molecule has 0 spiro atoms. The maximum absolute atomic E-state index is 5.43. The van der Waals surface area contributed by atoms with Gasteiger partial charge in [-0.15, -0.1) is 0 Å². The number of morpholine rings is 1. The molecular formula is C23H32N6O. The van der Waals surface area contributed by atoms with Crippen molar-refractivity contribution in [1.82, 2.24) is 20.1 Å². The van der Waals surface area contributed by atoms with Gasteiger partial charge < -0.3 is 19.9 Å². The van der Waals surface area contributed by atoms with E-state index in [0.717, 1.165) is 77.3 Å². The number of guanidine groups is 1. The van der Waals surface area contributed by atoms with Crippen LogP contribution in [0.2, 0.25) is 0 Å². The average molecular weight is 409 g/mol. The fourth-order valence-corrected chi connectivity index (χ4v) is 3.98. The Morgan fingerprint density at radius 3 is 2.37 bits per heavy atom. The highest BCUT2D eigenvalue weighted by Crippen LogP contribution is 2.13. The van der Waals surface area contributed by atoms with Gasteiger partial charge in [-0.3, -0.25) is 9.89 Å². The molecule has 7 nitrogen and oxygen atoms in total. The lowest BCUT2D eigenvalue weighted by molar-refractivity contribution is 0.0342. The van der Waals surface area contributed by atoms with Crippen LogP contribution in [0.5, 0.6) is 0 Å². The largest absolute Gasteiger partial charge is 0.379 e. The van der Waals surface area contributed by atoms with Crippen LogP contribution in [0, 0.1) is 0 Å². The van der Waals surface area contributed by atoms with Gasteiger partial charge in [-0.1, -0.05) is 30.3 Å². The molecule has 7 heteroatoms. The Bertz CT molecular complexity index is 796. The third-order valence-electron chi connectivity index (χ3n) is 5.75. The van der Waals surface area contributed by atoms with Crippen molar-refractivity contribution in [2.45, 2.75) is 13.1 Å². The number of nitrogens with one attached hydrogen (secondary N) is 1. The lowest BCUT2D eigenvalue weighted by Crippen LogP contribution is -2.52. The van der Waals surface area contributed by atoms with Crippen LogP contribution in [0.25, 0.3) is 0 Å². The molecule has 1 aromatic heterocycles. The second-order valence-electron chi connectivity index (χ2n) is 7.77. The van der Waals surface area contributed by atoms with Gasteiger partial charge >= 0.3 is 0 Å². The van der Waals surface area contributed by atoms with E-state index < -0.39 is 0 Å². The van der Waals surface area contributed by atoms with Crippen LogP contribution < -0.4 is 10.2 Å². The van der Waals surface area contributed by atoms with Crippen LogP contribution in [0.4, 0.5) is 5.82 Å². The van der Waals surface area contributed by atoms with Crippen molar-refractivity contribution in [3.8, 4) is 0 Å². The molecule has 0 radical (unpaired) electrons. The maximum Gasteiger partial charge on any atom is 0.194 e. The molecule has 160 valence electrons. The Hall–Kier alpha value is -2.64. The Morgan fingerprint density at radius 2 is 1.70 bits per heavy atom. The summed E-state index contributed by atoms with van der Waals surface area (Å²) in [7, 11) is 1.86. The zero-order valence-corrected chi connectivity index (χ0v) is 17.8. The normalized spacial score (nSPS) is 18.5. The van der Waals surface area contributed by atoms with Gasteiger partial charge in [0.2, 0.25) is 0 Å². The molecular weight excluding hydrogens is 376 g/mol. The number of nitrogens with zero attached hydrogens (tertiary/aromatic N) is 5. The summed E-state index contributed by atoms with van der Waals surface area (Å²) in [4.78, 5) is 16.1. The highest BCUT2D eigenvalue weighted by atomic mass is 16.5. The number of piperazine rings is 1. The van der Waals surface area contributed by atoms with Crippen molar-refractivity contribution in [3.63, 3.8) is 0 Å². The molecule has 2 aliphatic rings. The van der Waals surface area contributed by atoms with E-state index in [1.165, 1.54) is 11.1 Å². The summed E-state index contributed by atoms with van der Waals surface area (Å²) >= 11 is 0. The van der Waals surface area contributed by atoms with Gasteiger partial charge in [0, 0.05) is 65.6 Å². The first-order valence-corrected chi connectivity index (χ1v) is 10.8. The molecule has 0 bridgehead atoms. The van der Waals surface area contributed by atoms with Gasteiger partial charge in [0.15, 0.2) is 5.96 Å². The van der Waals surface area contributed by atoms with E-state index in [0.29, 0.717) is 0 Å². The molecule has 1 N–H and O–H groups in total. The van der Waals surface area contributed by atoms with Gasteiger partial charge in [-0.25, -0.2) is 4.98 Å². The van der Waals surface area contributed by atoms with Crippen LogP contribution in [-0.4, -0.2) is 80.3 Å². The SMILES string of the molecule is CN=C(NCc1ccc(CN2CCOCC2)cc1)N1CCN(c2ccccn2)CC1. The monoisotopic (exact) mass is 408 g/mol. The van der Waals surface area contributed by atoms with Crippen LogP contribution in [-0.2, 0) is 17.8 Å². The topological polar surface area (TPSA) is 56.2 Å². The minimum Gasteiger partial charge on any atom is -0.379 e. The van der Waals surface area contributed by atoms with Gasteiger partial charge in [0.05, 0.1) is 13.2 Å². The molecule has 0 unspecified atom stereocenters. The van der Waals surface area contributed by atoms with Crippen LogP contribution in [0.15, 0.2) is 53.7 Å². The third-order valence-corrected chi connectivity index (χ3v) is 5.75. The van der Waals surface area contributed by atoms with Crippen LogP contribution in [0.1, 0.15) is 11.1 Å². The first-order chi connectivity index (χ1) is 14.8. The molecule has 4 rings (SSSR count). The first kappa shape index (κ1) is 20.6. The second-order valence-corrected chi connectivity index (χ2v) is 7.77. The highest BCUT2D eigenvalue weighted by Gasteiger charge is 2.20. The molecule has 1 aromatic carbocycles. The lowest BCUT2D eigenvalue weighted by atomic mass is 10.1. The number of ether oxygens (including phenoxy) is 1. The van der Waals surface area contributed by atoms with Crippen molar-refractivity contribution >= 4 is 11.8 Å². The van der Waals surface area contributed by atoms with Crippen LogP contribution >= 0.6 is 0 Å². The number of anilines is 1. The molecule has 2 aromatic rings. The van der Waals surface area contributed by atoms with Crippen molar-refractivity contribution in [3.05, 3.63) is 59.8 Å². The molecule has 0 aliphatic carbocycles. The predicted octanol–water partition coefficient (Wildman–Crippen LogP) is 1.81. The molecule has 0 amide bonds. The summed E-state index contributed by atoms with van der Waals surface area (Å²) in [6, 6.07) is 15.0. The zero-order valence-electron chi connectivity index (χ0n) is 17.8. The van der Waals surface area contributed by atoms with E-state index in [1.54, 1.807) is 0 Å². The standard InChI is InChI=1S/C23H32N6O/c1-24-23(29-12-10-28(11-13-29)22-4-2-3-9-25-22)26-18-20-5-7-21(8-6-20)19-27-14-16-30-17-15-27/h2-9H,10-19H2,1H3,(H,24,26). The number of hydrogen-bond donors (Lipinski definition) is 1. The van der Waals surface area contributed by atoms with Crippen molar-refractivity contribution in [1.29, 1.82) is 0 Å². The minimum atomic E-state index is 0.783. The number of aliphatic imine (C=N–C) groups is 1. The molecule has 3 heterocycles. The second kappa shape index (κ2) is 10.4. The average Bonchev–Trinajstić information content (AvgIpc) is 2.82. The molecule has 0 atom stereocenters. The smallest absolute Gasteiger partial charge is 0.194 e. The van der Waals surface area contributed by atoms with E-state index in [9.17, 15) is 0 Å². The van der Waals surface area contributed by atoms with E-state index >= 15 is 0 Å². The number of aromatic nitrogens is 1. The Kier molecular flexibility index (Phi) is 7.16. The van der Waals surface area contributed by atoms with E-state index in [-0.39, 0.29) is 0 Å². The van der Waals surface area contributed by atoms with E-state index in [4.69, 9.17) is 4.74 Å². The minimum absolute atomic E-state index is 0.783. The maximum atomic E-state index is 5.43. The van der Waals surface area contributed by atoms with Gasteiger partial charge in [-0.2, -0.15) is 0 Å². The van der Waals surface area contributed by atoms with E-state index in [1.807, 2.05) is 25.4 Å². The van der Waals surface area contributed by atoms with Crippen molar-refractivity contribution in [2.24, 2.45) is 4.99 Å². The highest BCUT2D eigenvalue weighted by molar-refractivity contribution is 5.80. The molecule has 2 aliphatic heterocycles. The fourth-order valence-electron chi connectivity index (χ4n) is 3.98. The molecule has 0 saturated carbocycles. The van der Waals surface area contributed by atoms with Crippen molar-refractivity contribution < 1.29 is 4.74 Å². The van der Waals surface area contributed by atoms with Gasteiger partial charge in [0.1, 0.15) is 5.82 Å². The third kappa shape index (κ3) is 5.49. The summed E-state index contributed by atoms with van der Waals surface area (Å²) in [6.07, 6.45) is 1.86. The quantitative estimate of drug-likeness (QED) is 0.602. The predicted molar refractivity (Wildman–Crippen MR) is 121 cm³/mol. The van der Waals surface area contributed by atoms with Crippen molar-refractivity contribution in [2.75, 3.05) is 64.4 Å². The summed E-state index contributed by atoms with van der Waals surface area (Å²) in [6.45, 7) is 9.30. The fraction of sp³-hybridized carbons (Fsp3) is 0.478. The summed E-state index contributed by atoms with van der Waals surface area (Å²) in [5, 5.41) is 3.53. The number of pyridine rings is 1. The van der Waals surface area contributed by atoms with Crippen LogP contribution in [0.3, 0.4) is 0 Å². The Morgan fingerprint density at radius 1 is 0.967 bits per heavy atom. The molecule has 30 heavy (non-hydrogen) atoms. The number of benzene rings is 1. The summed E-state index contributed by atoms with van der Waals surface area (Å²) in [5.74, 6) is 2.02. The lowest BCUT2D eigenvalue weighted by Gasteiger charge is -2.37. The Balaban J connectivity index is 1.24. The number of hydrogen-bond acceptors (Lipinski definition) is 5. The number of rotatable bonds is 5. The summed E-state index contributed by atoms with van der Waals surface area (Å²) in [5.41, 5.74) is 2.63. The first-order valence-electron chi connectivity index (χ1n) is 10.8. The Labute approximate surface area is 179 Å². The summed E-state index contributed by atoms with van der Waals surface area (Å²) < 4.78 is 5.43. The molecule has 2 fully saturated rings. The molecule has 2 saturated heterocycles. The van der Waals surface area contributed by atoms with Gasteiger partial charge in [-0.05, 0) is 23.3 Å². The van der Waals surface area contributed by atoms with Gasteiger partial charge in [0.25, 0.3) is 0 Å². The zero-order chi connectivity index (χ0) is 20.6. The van der Waals surface area contributed by atoms with E-state index in [2.05, 4.69) is 60.3 Å².